The minimum Gasteiger partial charge on any atom is -0.497 e. The molecule has 208 valence electrons. The van der Waals surface area contributed by atoms with Gasteiger partial charge in [0.15, 0.2) is 5.69 Å². The molecule has 0 unspecified atom stereocenters. The van der Waals surface area contributed by atoms with Crippen molar-refractivity contribution in [2.75, 3.05) is 7.11 Å². The number of carboxylic acids is 1. The zero-order valence-corrected chi connectivity index (χ0v) is 21.9. The number of aromatic nitrogens is 4. The highest BCUT2D eigenvalue weighted by molar-refractivity contribution is 5.89. The molecule has 0 atom stereocenters. The van der Waals surface area contributed by atoms with Gasteiger partial charge in [-0.15, -0.1) is 0 Å². The number of halogens is 3. The third-order valence-corrected chi connectivity index (χ3v) is 6.41. The second kappa shape index (κ2) is 11.1. The first-order valence-corrected chi connectivity index (χ1v) is 12.3. The number of aryl methyl sites for hydroxylation is 1. The number of methoxy groups -OCH3 is 1. The van der Waals surface area contributed by atoms with Crippen LogP contribution < -0.4 is 9.47 Å². The Balaban J connectivity index is 1.41. The Morgan fingerprint density at radius 1 is 1.00 bits per heavy atom. The van der Waals surface area contributed by atoms with E-state index in [-0.39, 0.29) is 12.3 Å². The summed E-state index contributed by atoms with van der Waals surface area (Å²) >= 11 is 0. The van der Waals surface area contributed by atoms with E-state index < -0.39 is 29.4 Å². The molecule has 0 saturated carbocycles. The van der Waals surface area contributed by atoms with Gasteiger partial charge in [0, 0.05) is 11.8 Å². The minimum absolute atomic E-state index is 0.239. The Morgan fingerprint density at radius 2 is 1.73 bits per heavy atom. The summed E-state index contributed by atoms with van der Waals surface area (Å²) in [6, 6.07) is 22.3. The smallest absolute Gasteiger partial charge is 0.434 e. The maximum Gasteiger partial charge on any atom is 0.434 e. The molecule has 2 aromatic heterocycles. The molecule has 0 bridgehead atoms. The van der Waals surface area contributed by atoms with Crippen molar-refractivity contribution in [3.63, 3.8) is 0 Å². The number of para-hydroxylation sites is 1. The van der Waals surface area contributed by atoms with E-state index >= 15 is 0 Å². The third-order valence-electron chi connectivity index (χ3n) is 6.41. The summed E-state index contributed by atoms with van der Waals surface area (Å²) in [7, 11) is 1.62. The van der Waals surface area contributed by atoms with E-state index in [9.17, 15) is 23.1 Å². The van der Waals surface area contributed by atoms with E-state index in [1.54, 1.807) is 31.4 Å². The van der Waals surface area contributed by atoms with Gasteiger partial charge in [0.25, 0.3) is 5.95 Å². The lowest BCUT2D eigenvalue weighted by Gasteiger charge is -2.14. The number of benzene rings is 3. The van der Waals surface area contributed by atoms with E-state index in [4.69, 9.17) is 9.47 Å². The highest BCUT2D eigenvalue weighted by Gasteiger charge is 2.41. The lowest BCUT2D eigenvalue weighted by atomic mass is 10.00. The van der Waals surface area contributed by atoms with E-state index in [1.807, 2.05) is 43.3 Å². The van der Waals surface area contributed by atoms with Gasteiger partial charge >= 0.3 is 12.1 Å². The van der Waals surface area contributed by atoms with Crippen LogP contribution in [0.2, 0.25) is 0 Å². The van der Waals surface area contributed by atoms with Gasteiger partial charge in [0.2, 0.25) is 0 Å². The Kier molecular flexibility index (Phi) is 7.43. The molecule has 41 heavy (non-hydrogen) atoms. The standard InChI is InChI=1S/C30H23F3N4O4/c1-18-15-20(19-9-11-22(40-2)12-10-19)7-8-21(18)17-41-26-6-4-3-5-23(26)25-13-14-34-29(36-25)37-27(30(31,32)33)24(16-35-37)28(38)39/h3-16H,17H2,1-2H3,(H,38,39). The van der Waals surface area contributed by atoms with Crippen LogP contribution in [0.5, 0.6) is 11.5 Å². The summed E-state index contributed by atoms with van der Waals surface area (Å²) in [5, 5.41) is 12.8. The number of aromatic carboxylic acids is 1. The number of rotatable bonds is 8. The molecule has 0 saturated heterocycles. The second-order valence-corrected chi connectivity index (χ2v) is 9.02. The van der Waals surface area contributed by atoms with Crippen LogP contribution in [0.15, 0.2) is 85.2 Å². The largest absolute Gasteiger partial charge is 0.497 e. The van der Waals surface area contributed by atoms with Crippen LogP contribution in [-0.2, 0) is 12.8 Å². The maximum atomic E-state index is 13.7. The van der Waals surface area contributed by atoms with Crippen molar-refractivity contribution in [1.82, 2.24) is 19.7 Å². The molecule has 0 aliphatic rings. The van der Waals surface area contributed by atoms with Crippen molar-refractivity contribution in [1.29, 1.82) is 0 Å². The highest BCUT2D eigenvalue weighted by atomic mass is 19.4. The number of hydrogen-bond donors (Lipinski definition) is 1. The summed E-state index contributed by atoms with van der Waals surface area (Å²) in [5.74, 6) is -0.952. The van der Waals surface area contributed by atoms with Crippen LogP contribution in [0.3, 0.4) is 0 Å². The van der Waals surface area contributed by atoms with Gasteiger partial charge in [0.1, 0.15) is 23.7 Å². The van der Waals surface area contributed by atoms with Crippen LogP contribution in [0.4, 0.5) is 13.2 Å². The molecule has 0 aliphatic heterocycles. The molecule has 8 nitrogen and oxygen atoms in total. The van der Waals surface area contributed by atoms with Gasteiger partial charge in [0.05, 0.1) is 19.0 Å². The van der Waals surface area contributed by atoms with Crippen LogP contribution in [0.1, 0.15) is 27.2 Å². The van der Waals surface area contributed by atoms with Crippen LogP contribution in [-0.4, -0.2) is 37.9 Å². The van der Waals surface area contributed by atoms with Gasteiger partial charge in [-0.1, -0.05) is 42.5 Å². The molecular weight excluding hydrogens is 537 g/mol. The first-order chi connectivity index (χ1) is 19.7. The fraction of sp³-hybridized carbons (Fsp3) is 0.133. The van der Waals surface area contributed by atoms with Crippen molar-refractivity contribution in [2.45, 2.75) is 19.7 Å². The molecule has 2 heterocycles. The molecule has 0 amide bonds. The lowest BCUT2D eigenvalue weighted by Crippen LogP contribution is -2.18. The summed E-state index contributed by atoms with van der Waals surface area (Å²) in [6.07, 6.45) is -3.09. The SMILES string of the molecule is COc1ccc(-c2ccc(COc3ccccc3-c3ccnc(-n4ncc(C(=O)O)c4C(F)(F)F)n3)c(C)c2)cc1. The van der Waals surface area contributed by atoms with E-state index in [2.05, 4.69) is 21.1 Å². The number of carboxylic acid groups (broad SMARTS) is 1. The van der Waals surface area contributed by atoms with Gasteiger partial charge < -0.3 is 14.6 Å². The zero-order chi connectivity index (χ0) is 29.1. The highest BCUT2D eigenvalue weighted by Crippen LogP contribution is 2.34. The molecule has 1 N–H and O–H groups in total. The second-order valence-electron chi connectivity index (χ2n) is 9.02. The van der Waals surface area contributed by atoms with Gasteiger partial charge in [-0.2, -0.15) is 23.0 Å². The van der Waals surface area contributed by atoms with Gasteiger partial charge in [-0.3, -0.25) is 0 Å². The average Bonchev–Trinajstić information content (AvgIpc) is 3.44. The summed E-state index contributed by atoms with van der Waals surface area (Å²) in [6.45, 7) is 2.23. The summed E-state index contributed by atoms with van der Waals surface area (Å²) < 4.78 is 52.9. The molecular formula is C30H23F3N4O4. The normalized spacial score (nSPS) is 11.3. The third kappa shape index (κ3) is 5.74. The maximum absolute atomic E-state index is 13.7. The monoisotopic (exact) mass is 560 g/mol. The molecule has 5 aromatic rings. The first-order valence-electron chi connectivity index (χ1n) is 12.3. The fourth-order valence-electron chi connectivity index (χ4n) is 4.31. The molecule has 0 spiro atoms. The van der Waals surface area contributed by atoms with Crippen molar-refractivity contribution in [3.05, 3.63) is 108 Å². The van der Waals surface area contributed by atoms with Gasteiger partial charge in [-0.25, -0.2) is 14.8 Å². The number of hydrogen-bond acceptors (Lipinski definition) is 6. The summed E-state index contributed by atoms with van der Waals surface area (Å²) in [4.78, 5) is 19.5. The van der Waals surface area contributed by atoms with Crippen molar-refractivity contribution < 1.29 is 32.5 Å². The van der Waals surface area contributed by atoms with Crippen molar-refractivity contribution in [3.8, 4) is 39.8 Å². The van der Waals surface area contributed by atoms with E-state index in [0.29, 0.717) is 22.2 Å². The van der Waals surface area contributed by atoms with E-state index in [1.165, 1.54) is 12.3 Å². The Labute approximate surface area is 232 Å². The predicted molar refractivity (Wildman–Crippen MR) is 144 cm³/mol. The number of alkyl halides is 3. The summed E-state index contributed by atoms with van der Waals surface area (Å²) in [5.41, 5.74) is 2.39. The van der Waals surface area contributed by atoms with Crippen LogP contribution >= 0.6 is 0 Å². The van der Waals surface area contributed by atoms with Crippen LogP contribution in [0.25, 0.3) is 28.3 Å². The van der Waals surface area contributed by atoms with Crippen molar-refractivity contribution in [2.24, 2.45) is 0 Å². The van der Waals surface area contributed by atoms with Crippen LogP contribution in [0, 0.1) is 6.92 Å². The fourth-order valence-corrected chi connectivity index (χ4v) is 4.31. The lowest BCUT2D eigenvalue weighted by molar-refractivity contribution is -0.143. The number of carbonyl (C=O) groups is 1. The van der Waals surface area contributed by atoms with Crippen molar-refractivity contribution >= 4 is 5.97 Å². The quantitative estimate of drug-likeness (QED) is 0.228. The average molecular weight is 561 g/mol. The molecule has 5 rings (SSSR count). The first kappa shape index (κ1) is 27.4. The zero-order valence-electron chi connectivity index (χ0n) is 21.9. The molecule has 0 fully saturated rings. The Bertz CT molecular complexity index is 1720. The Morgan fingerprint density at radius 3 is 2.41 bits per heavy atom. The number of ether oxygens (including phenoxy) is 2. The predicted octanol–water partition coefficient (Wildman–Crippen LogP) is 6.61. The number of nitrogens with zero attached hydrogens (tertiary/aromatic N) is 4. The minimum atomic E-state index is -4.99. The van der Waals surface area contributed by atoms with E-state index in [0.717, 1.165) is 28.0 Å². The molecule has 3 aromatic carbocycles. The molecule has 11 heteroatoms. The van der Waals surface area contributed by atoms with Gasteiger partial charge in [-0.05, 0) is 59.5 Å². The Hall–Kier alpha value is -5.19. The topological polar surface area (TPSA) is 99.4 Å². The molecule has 0 radical (unpaired) electrons. The molecule has 0 aliphatic carbocycles.